The lowest BCUT2D eigenvalue weighted by molar-refractivity contribution is -0.0316. The molecule has 0 amide bonds. The number of aliphatic hydroxyl groups excluding tert-OH is 2. The molecule has 1 saturated carbocycles. The van der Waals surface area contributed by atoms with Gasteiger partial charge in [0.1, 0.15) is 12.7 Å². The van der Waals surface area contributed by atoms with E-state index in [1.807, 2.05) is 32.0 Å². The van der Waals surface area contributed by atoms with Crippen molar-refractivity contribution in [3.8, 4) is 11.5 Å². The molecular formula is C25H42N2O5. The zero-order valence-corrected chi connectivity index (χ0v) is 20.0. The summed E-state index contributed by atoms with van der Waals surface area (Å²) in [6, 6.07) is 6.70. The van der Waals surface area contributed by atoms with Gasteiger partial charge in [0.2, 0.25) is 0 Å². The fourth-order valence-corrected chi connectivity index (χ4v) is 4.69. The maximum Gasteiger partial charge on any atom is 0.161 e. The largest absolute Gasteiger partial charge is 0.493 e. The minimum Gasteiger partial charge on any atom is -0.493 e. The van der Waals surface area contributed by atoms with Gasteiger partial charge in [-0.2, -0.15) is 0 Å². The van der Waals surface area contributed by atoms with Gasteiger partial charge >= 0.3 is 0 Å². The van der Waals surface area contributed by atoms with E-state index in [4.69, 9.17) is 14.2 Å². The van der Waals surface area contributed by atoms with Crippen molar-refractivity contribution >= 4 is 0 Å². The molecule has 1 aromatic rings. The smallest absolute Gasteiger partial charge is 0.161 e. The van der Waals surface area contributed by atoms with E-state index in [1.165, 1.54) is 12.8 Å². The number of rotatable bonds is 12. The Bertz CT molecular complexity index is 686. The Hall–Kier alpha value is -1.38. The van der Waals surface area contributed by atoms with Crippen molar-refractivity contribution in [1.29, 1.82) is 0 Å². The van der Waals surface area contributed by atoms with Crippen LogP contribution in [0.5, 0.6) is 11.5 Å². The molecule has 3 N–H and O–H groups in total. The van der Waals surface area contributed by atoms with E-state index in [0.29, 0.717) is 36.7 Å². The van der Waals surface area contributed by atoms with Gasteiger partial charge in [-0.25, -0.2) is 0 Å². The molecule has 0 spiro atoms. The number of nitrogens with one attached hydrogen (secondary N) is 1. The van der Waals surface area contributed by atoms with Crippen molar-refractivity contribution < 1.29 is 24.4 Å². The number of hydrogen-bond donors (Lipinski definition) is 3. The molecule has 1 heterocycles. The summed E-state index contributed by atoms with van der Waals surface area (Å²) < 4.78 is 17.6. The van der Waals surface area contributed by atoms with Crippen LogP contribution in [0.1, 0.15) is 51.5 Å². The lowest BCUT2D eigenvalue weighted by Crippen LogP contribution is -2.46. The highest BCUT2D eigenvalue weighted by Crippen LogP contribution is 2.30. The zero-order chi connectivity index (χ0) is 22.9. The van der Waals surface area contributed by atoms with Crippen LogP contribution in [0.3, 0.4) is 0 Å². The Morgan fingerprint density at radius 1 is 1.16 bits per heavy atom. The van der Waals surface area contributed by atoms with Crippen molar-refractivity contribution in [2.24, 2.45) is 0 Å². The van der Waals surface area contributed by atoms with Crippen LogP contribution in [0.4, 0.5) is 0 Å². The van der Waals surface area contributed by atoms with Crippen molar-refractivity contribution in [2.45, 2.75) is 82.8 Å². The summed E-state index contributed by atoms with van der Waals surface area (Å²) in [4.78, 5) is 2.43. The zero-order valence-electron chi connectivity index (χ0n) is 20.0. The van der Waals surface area contributed by atoms with Gasteiger partial charge in [0.05, 0.1) is 25.9 Å². The van der Waals surface area contributed by atoms with Crippen molar-refractivity contribution in [3.05, 3.63) is 23.8 Å². The lowest BCUT2D eigenvalue weighted by Gasteiger charge is -2.37. The van der Waals surface area contributed by atoms with E-state index in [0.717, 1.165) is 44.3 Å². The summed E-state index contributed by atoms with van der Waals surface area (Å²) in [7, 11) is 1.64. The molecule has 2 aliphatic rings. The molecule has 2 unspecified atom stereocenters. The van der Waals surface area contributed by atoms with Crippen molar-refractivity contribution in [2.75, 3.05) is 40.0 Å². The second kappa shape index (κ2) is 12.8. The van der Waals surface area contributed by atoms with Gasteiger partial charge in [0.15, 0.2) is 11.5 Å². The number of ether oxygens (including phenoxy) is 3. The monoisotopic (exact) mass is 450 g/mol. The second-order valence-corrected chi connectivity index (χ2v) is 9.46. The van der Waals surface area contributed by atoms with Crippen LogP contribution < -0.4 is 14.8 Å². The first-order valence-corrected chi connectivity index (χ1v) is 12.2. The van der Waals surface area contributed by atoms with Crippen LogP contribution >= 0.6 is 0 Å². The minimum absolute atomic E-state index is 0.182. The quantitative estimate of drug-likeness (QED) is 0.451. The fourth-order valence-electron chi connectivity index (χ4n) is 4.69. The molecule has 0 radical (unpaired) electrons. The van der Waals surface area contributed by atoms with Crippen molar-refractivity contribution in [1.82, 2.24) is 10.2 Å². The maximum absolute atomic E-state index is 10.1. The average molecular weight is 451 g/mol. The first kappa shape index (κ1) is 25.2. The number of nitrogens with zero attached hydrogens (tertiary/aromatic N) is 1. The minimum atomic E-state index is -0.574. The molecule has 2 fully saturated rings. The van der Waals surface area contributed by atoms with Gasteiger partial charge in [-0.15, -0.1) is 0 Å². The molecule has 1 aliphatic heterocycles. The Balaban J connectivity index is 1.47. The molecule has 0 aromatic heterocycles. The molecule has 32 heavy (non-hydrogen) atoms. The molecule has 1 aromatic carbocycles. The van der Waals surface area contributed by atoms with E-state index in [9.17, 15) is 10.2 Å². The van der Waals surface area contributed by atoms with Gasteiger partial charge < -0.3 is 29.7 Å². The first-order chi connectivity index (χ1) is 15.5. The number of likely N-dealkylation sites (tertiary alicyclic amines) is 1. The molecule has 4 atom stereocenters. The third-order valence-corrected chi connectivity index (χ3v) is 6.48. The molecule has 0 bridgehead atoms. The summed E-state index contributed by atoms with van der Waals surface area (Å²) in [6.45, 7) is 7.23. The predicted octanol–water partition coefficient (Wildman–Crippen LogP) is 2.37. The van der Waals surface area contributed by atoms with Gasteiger partial charge in [0.25, 0.3) is 0 Å². The topological polar surface area (TPSA) is 83.4 Å². The second-order valence-electron chi connectivity index (χ2n) is 9.46. The van der Waals surface area contributed by atoms with Crippen LogP contribution in [0.25, 0.3) is 0 Å². The number of aliphatic hydroxyl groups is 2. The SMILES string of the molecule is COc1cc(CCO[C@H]2CCCC[C@H]2N2CCC(O)C2)ccc1OCC(O)CNC(C)C. The molecular weight excluding hydrogens is 408 g/mol. The number of β-amino-alcohol motifs (C(OH)–C–C–N with tert-alkyl or cyclic N) is 1. The molecule has 7 heteroatoms. The molecule has 182 valence electrons. The third kappa shape index (κ3) is 7.59. The van der Waals surface area contributed by atoms with Crippen LogP contribution in [0, 0.1) is 0 Å². The summed E-state index contributed by atoms with van der Waals surface area (Å²) in [5.41, 5.74) is 1.14. The molecule has 1 aliphatic carbocycles. The molecule has 3 rings (SSSR count). The molecule has 7 nitrogen and oxygen atoms in total. The van der Waals surface area contributed by atoms with Gasteiger partial charge in [-0.05, 0) is 43.4 Å². The first-order valence-electron chi connectivity index (χ1n) is 12.2. The van der Waals surface area contributed by atoms with E-state index in [2.05, 4.69) is 10.2 Å². The number of hydrogen-bond acceptors (Lipinski definition) is 7. The van der Waals surface area contributed by atoms with Crippen molar-refractivity contribution in [3.63, 3.8) is 0 Å². The summed E-state index contributed by atoms with van der Waals surface area (Å²) >= 11 is 0. The lowest BCUT2D eigenvalue weighted by atomic mass is 9.91. The van der Waals surface area contributed by atoms with Gasteiger partial charge in [-0.3, -0.25) is 4.90 Å². The van der Waals surface area contributed by atoms with E-state index in [1.54, 1.807) is 7.11 Å². The highest BCUT2D eigenvalue weighted by atomic mass is 16.5. The Labute approximate surface area is 193 Å². The Morgan fingerprint density at radius 2 is 1.97 bits per heavy atom. The highest BCUT2D eigenvalue weighted by molar-refractivity contribution is 5.43. The summed E-state index contributed by atoms with van der Waals surface area (Å²) in [5.74, 6) is 1.31. The molecule has 1 saturated heterocycles. The summed E-state index contributed by atoms with van der Waals surface area (Å²) in [5, 5.41) is 23.2. The van der Waals surface area contributed by atoms with Gasteiger partial charge in [-0.1, -0.05) is 32.8 Å². The van der Waals surface area contributed by atoms with E-state index < -0.39 is 6.10 Å². The predicted molar refractivity (Wildman–Crippen MR) is 126 cm³/mol. The third-order valence-electron chi connectivity index (χ3n) is 6.48. The number of methoxy groups -OCH3 is 1. The standard InChI is InChI=1S/C25H42N2O5/c1-18(2)26-15-21(29)17-32-24-9-8-19(14-25(24)30-3)11-13-31-23-7-5-4-6-22(23)27-12-10-20(28)16-27/h8-9,14,18,20-23,26,28-29H,4-7,10-13,15-17H2,1-3H3/t20?,21?,22-,23+/m1/s1. The number of benzene rings is 1. The highest BCUT2D eigenvalue weighted by Gasteiger charge is 2.34. The van der Waals surface area contributed by atoms with Crippen LogP contribution in [0.2, 0.25) is 0 Å². The average Bonchev–Trinajstić information content (AvgIpc) is 3.23. The Kier molecular flexibility index (Phi) is 10.1. The van der Waals surface area contributed by atoms with Gasteiger partial charge in [0, 0.05) is 31.7 Å². The maximum atomic E-state index is 10.1. The normalized spacial score (nSPS) is 25.2. The van der Waals surface area contributed by atoms with Crippen LogP contribution in [-0.4, -0.2) is 85.5 Å². The fraction of sp³-hybridized carbons (Fsp3) is 0.760. The van der Waals surface area contributed by atoms with Crippen LogP contribution in [-0.2, 0) is 11.2 Å². The van der Waals surface area contributed by atoms with E-state index in [-0.39, 0.29) is 18.8 Å². The van der Waals surface area contributed by atoms with E-state index >= 15 is 0 Å². The van der Waals surface area contributed by atoms with Crippen LogP contribution in [0.15, 0.2) is 18.2 Å². The summed E-state index contributed by atoms with van der Waals surface area (Å²) in [6.07, 6.45) is 5.91. The Morgan fingerprint density at radius 3 is 2.69 bits per heavy atom.